The summed E-state index contributed by atoms with van der Waals surface area (Å²) >= 11 is 0. The Labute approximate surface area is 96.2 Å². The van der Waals surface area contributed by atoms with E-state index in [-0.39, 0.29) is 0 Å². The van der Waals surface area contributed by atoms with Crippen LogP contribution in [0.4, 0.5) is 0 Å². The predicted octanol–water partition coefficient (Wildman–Crippen LogP) is 3.33. The molecule has 1 aliphatic carbocycles. The largest absolute Gasteiger partial charge is 0.497 e. The molecule has 0 saturated carbocycles. The number of fused-ring (bicyclic) bond motifs is 1. The molecule has 2 heteroatoms. The van der Waals surface area contributed by atoms with Gasteiger partial charge in [0, 0.05) is 0 Å². The highest BCUT2D eigenvalue weighted by Crippen LogP contribution is 2.34. The van der Waals surface area contributed by atoms with Gasteiger partial charge in [-0.3, -0.25) is 0 Å². The first kappa shape index (κ1) is 10.8. The molecule has 0 saturated heterocycles. The molecule has 0 fully saturated rings. The van der Waals surface area contributed by atoms with Crippen LogP contribution in [-0.4, -0.2) is 7.11 Å². The van der Waals surface area contributed by atoms with E-state index in [0.717, 1.165) is 18.6 Å². The van der Waals surface area contributed by atoms with Crippen molar-refractivity contribution >= 4 is 5.57 Å². The number of aryl methyl sites for hydroxylation is 1. The Kier molecular flexibility index (Phi) is 2.96. The number of methoxy groups -OCH3 is 1. The van der Waals surface area contributed by atoms with E-state index in [1.54, 1.807) is 7.11 Å². The first-order chi connectivity index (χ1) is 7.76. The topological polar surface area (TPSA) is 33.0 Å². The van der Waals surface area contributed by atoms with Gasteiger partial charge in [0.15, 0.2) is 0 Å². The Morgan fingerprint density at radius 1 is 1.38 bits per heavy atom. The van der Waals surface area contributed by atoms with Crippen molar-refractivity contribution < 1.29 is 4.74 Å². The van der Waals surface area contributed by atoms with Crippen LogP contribution in [0.5, 0.6) is 5.75 Å². The van der Waals surface area contributed by atoms with Crippen molar-refractivity contribution in [3.63, 3.8) is 0 Å². The monoisotopic (exact) mass is 213 g/mol. The van der Waals surface area contributed by atoms with Crippen molar-refractivity contribution in [2.75, 3.05) is 7.11 Å². The van der Waals surface area contributed by atoms with E-state index >= 15 is 0 Å². The fraction of sp³-hybridized carbons (Fsp3) is 0.357. The van der Waals surface area contributed by atoms with Gasteiger partial charge >= 0.3 is 0 Å². The second kappa shape index (κ2) is 4.40. The van der Waals surface area contributed by atoms with Crippen molar-refractivity contribution in [1.29, 1.82) is 5.26 Å². The van der Waals surface area contributed by atoms with E-state index in [0.29, 0.717) is 6.42 Å². The summed E-state index contributed by atoms with van der Waals surface area (Å²) in [6.07, 6.45) is 2.57. The Hall–Kier alpha value is -1.75. The van der Waals surface area contributed by atoms with Crippen LogP contribution >= 0.6 is 0 Å². The lowest BCUT2D eigenvalue weighted by Gasteiger charge is -2.20. The van der Waals surface area contributed by atoms with Crippen LogP contribution in [0.2, 0.25) is 0 Å². The molecule has 16 heavy (non-hydrogen) atoms. The Morgan fingerprint density at radius 2 is 2.19 bits per heavy atom. The Balaban J connectivity index is 2.44. The highest BCUT2D eigenvalue weighted by atomic mass is 16.5. The molecule has 2 rings (SSSR count). The summed E-state index contributed by atoms with van der Waals surface area (Å²) in [4.78, 5) is 0. The van der Waals surface area contributed by atoms with Crippen molar-refractivity contribution in [2.45, 2.75) is 26.2 Å². The highest BCUT2D eigenvalue weighted by Gasteiger charge is 2.15. The van der Waals surface area contributed by atoms with Crippen LogP contribution in [0.3, 0.4) is 0 Å². The Morgan fingerprint density at radius 3 is 2.88 bits per heavy atom. The van der Waals surface area contributed by atoms with Crippen molar-refractivity contribution in [3.05, 3.63) is 34.9 Å². The third-order valence-electron chi connectivity index (χ3n) is 3.24. The second-order valence-corrected chi connectivity index (χ2v) is 4.09. The average Bonchev–Trinajstić information content (AvgIpc) is 2.32. The number of hydrogen-bond acceptors (Lipinski definition) is 2. The number of benzene rings is 1. The summed E-state index contributed by atoms with van der Waals surface area (Å²) in [5, 5.41) is 8.76. The second-order valence-electron chi connectivity index (χ2n) is 4.09. The van der Waals surface area contributed by atoms with E-state index in [9.17, 15) is 0 Å². The molecule has 0 aliphatic heterocycles. The summed E-state index contributed by atoms with van der Waals surface area (Å²) in [6, 6.07) is 8.42. The number of ether oxygens (including phenoxy) is 1. The molecule has 0 spiro atoms. The molecule has 0 heterocycles. The van der Waals surface area contributed by atoms with E-state index in [4.69, 9.17) is 10.00 Å². The number of allylic oxidation sites excluding steroid dienone is 2. The maximum absolute atomic E-state index is 8.76. The third kappa shape index (κ3) is 1.81. The lowest BCUT2D eigenvalue weighted by Crippen LogP contribution is -2.03. The fourth-order valence-electron chi connectivity index (χ4n) is 2.25. The molecule has 0 N–H and O–H groups in total. The maximum Gasteiger partial charge on any atom is 0.119 e. The number of rotatable bonds is 2. The molecular weight excluding hydrogens is 198 g/mol. The predicted molar refractivity (Wildman–Crippen MR) is 64.1 cm³/mol. The van der Waals surface area contributed by atoms with Crippen molar-refractivity contribution in [2.24, 2.45) is 0 Å². The lowest BCUT2D eigenvalue weighted by atomic mass is 9.85. The van der Waals surface area contributed by atoms with Crippen LogP contribution in [0.15, 0.2) is 23.8 Å². The molecule has 0 amide bonds. The highest BCUT2D eigenvalue weighted by molar-refractivity contribution is 5.72. The zero-order valence-electron chi connectivity index (χ0n) is 9.71. The number of hydrogen-bond donors (Lipinski definition) is 0. The summed E-state index contributed by atoms with van der Waals surface area (Å²) < 4.78 is 5.22. The van der Waals surface area contributed by atoms with E-state index in [1.807, 2.05) is 6.07 Å². The quantitative estimate of drug-likeness (QED) is 0.755. The van der Waals surface area contributed by atoms with Gasteiger partial charge in [-0.15, -0.1) is 0 Å². The van der Waals surface area contributed by atoms with Gasteiger partial charge in [-0.2, -0.15) is 5.26 Å². The molecule has 0 atom stereocenters. The van der Waals surface area contributed by atoms with Gasteiger partial charge in [-0.1, -0.05) is 11.6 Å². The van der Waals surface area contributed by atoms with Gasteiger partial charge in [0.05, 0.1) is 19.6 Å². The minimum Gasteiger partial charge on any atom is -0.497 e. The maximum atomic E-state index is 8.76. The fourth-order valence-corrected chi connectivity index (χ4v) is 2.25. The lowest BCUT2D eigenvalue weighted by molar-refractivity contribution is 0.414. The van der Waals surface area contributed by atoms with E-state index < -0.39 is 0 Å². The third-order valence-corrected chi connectivity index (χ3v) is 3.24. The van der Waals surface area contributed by atoms with Crippen LogP contribution in [0, 0.1) is 11.3 Å². The van der Waals surface area contributed by atoms with Gasteiger partial charge in [0.1, 0.15) is 5.75 Å². The molecule has 0 bridgehead atoms. The van der Waals surface area contributed by atoms with Gasteiger partial charge in [-0.25, -0.2) is 0 Å². The minimum absolute atomic E-state index is 0.553. The zero-order chi connectivity index (χ0) is 11.5. The number of nitrogens with zero attached hydrogens (tertiary/aromatic N) is 1. The average molecular weight is 213 g/mol. The van der Waals surface area contributed by atoms with Crippen LogP contribution in [0.1, 0.15) is 30.9 Å². The van der Waals surface area contributed by atoms with Gasteiger partial charge in [0.25, 0.3) is 0 Å². The van der Waals surface area contributed by atoms with Gasteiger partial charge in [0.2, 0.25) is 0 Å². The first-order valence-electron chi connectivity index (χ1n) is 5.49. The molecular formula is C14H15NO. The van der Waals surface area contributed by atoms with Crippen molar-refractivity contribution in [3.8, 4) is 11.8 Å². The van der Waals surface area contributed by atoms with Crippen LogP contribution < -0.4 is 4.74 Å². The van der Waals surface area contributed by atoms with E-state index in [2.05, 4.69) is 25.1 Å². The molecule has 2 nitrogen and oxygen atoms in total. The standard InChI is InChI=1S/C14H15NO/c1-10-11(7-8-15)3-4-12-9-13(16-2)5-6-14(10)12/h5-6,9H,3-4,7H2,1-2H3. The summed E-state index contributed by atoms with van der Waals surface area (Å²) in [5.74, 6) is 0.912. The van der Waals surface area contributed by atoms with E-state index in [1.165, 1.54) is 22.3 Å². The molecule has 1 aromatic carbocycles. The zero-order valence-corrected chi connectivity index (χ0v) is 9.71. The number of nitriles is 1. The summed E-state index contributed by atoms with van der Waals surface area (Å²) in [7, 11) is 1.69. The van der Waals surface area contributed by atoms with Crippen molar-refractivity contribution in [1.82, 2.24) is 0 Å². The van der Waals surface area contributed by atoms with Gasteiger partial charge in [-0.05, 0) is 48.6 Å². The van der Waals surface area contributed by atoms with Gasteiger partial charge < -0.3 is 4.74 Å². The smallest absolute Gasteiger partial charge is 0.119 e. The molecule has 1 aliphatic rings. The first-order valence-corrected chi connectivity index (χ1v) is 5.49. The molecule has 0 unspecified atom stereocenters. The van der Waals surface area contributed by atoms with Crippen LogP contribution in [-0.2, 0) is 6.42 Å². The molecule has 0 aromatic heterocycles. The minimum atomic E-state index is 0.553. The normalized spacial score (nSPS) is 14.3. The summed E-state index contributed by atoms with van der Waals surface area (Å²) in [5.41, 5.74) is 5.15. The SMILES string of the molecule is COc1ccc2c(c1)CCC(CC#N)=C2C. The molecule has 82 valence electrons. The molecule has 1 aromatic rings. The summed E-state index contributed by atoms with van der Waals surface area (Å²) in [6.45, 7) is 2.11. The Bertz CT molecular complexity index is 480. The molecule has 0 radical (unpaired) electrons. The van der Waals surface area contributed by atoms with Crippen LogP contribution in [0.25, 0.3) is 5.57 Å².